The van der Waals surface area contributed by atoms with E-state index >= 15 is 0 Å². The standard InChI is InChI=1S/C36H40O3/c1-34(2,3)30-24-26(25-31(33(30)38)35(4,5)6)22-23-32(37)39-36(27-16-10-7-11-17-27,28-18-12-8-13-19-28)29-20-14-9-15-21-29/h7-21,24-25,38H,22-23H2,1-6H3. The van der Waals surface area contributed by atoms with E-state index in [1.165, 1.54) is 0 Å². The molecule has 0 unspecified atom stereocenters. The molecule has 0 heterocycles. The number of aromatic hydroxyl groups is 1. The average Bonchev–Trinajstić information content (AvgIpc) is 2.91. The molecule has 4 aromatic rings. The number of benzene rings is 4. The molecular weight excluding hydrogens is 480 g/mol. The summed E-state index contributed by atoms with van der Waals surface area (Å²) >= 11 is 0. The number of esters is 1. The molecular formula is C36H40O3. The Labute approximate surface area is 233 Å². The van der Waals surface area contributed by atoms with Crippen molar-refractivity contribution in [1.29, 1.82) is 0 Å². The highest BCUT2D eigenvalue weighted by Crippen LogP contribution is 2.42. The highest BCUT2D eigenvalue weighted by atomic mass is 16.6. The van der Waals surface area contributed by atoms with Gasteiger partial charge in [-0.1, -0.05) is 145 Å². The first kappa shape index (κ1) is 28.2. The molecule has 202 valence electrons. The summed E-state index contributed by atoms with van der Waals surface area (Å²) < 4.78 is 6.55. The number of ether oxygens (including phenoxy) is 1. The second-order valence-corrected chi connectivity index (χ2v) is 12.3. The molecule has 39 heavy (non-hydrogen) atoms. The van der Waals surface area contributed by atoms with Crippen LogP contribution in [0.2, 0.25) is 0 Å². The third-order valence-corrected chi connectivity index (χ3v) is 7.21. The predicted molar refractivity (Wildman–Crippen MR) is 159 cm³/mol. The van der Waals surface area contributed by atoms with Gasteiger partial charge in [0.25, 0.3) is 0 Å². The molecule has 3 heteroatoms. The zero-order valence-electron chi connectivity index (χ0n) is 24.0. The fourth-order valence-corrected chi connectivity index (χ4v) is 5.15. The maximum absolute atomic E-state index is 13.7. The van der Waals surface area contributed by atoms with Crippen molar-refractivity contribution in [3.8, 4) is 5.75 Å². The maximum atomic E-state index is 13.7. The lowest BCUT2D eigenvalue weighted by molar-refractivity contribution is -0.153. The lowest BCUT2D eigenvalue weighted by Gasteiger charge is -2.35. The number of hydrogen-bond donors (Lipinski definition) is 1. The van der Waals surface area contributed by atoms with Gasteiger partial charge in [0.05, 0.1) is 0 Å². The summed E-state index contributed by atoms with van der Waals surface area (Å²) in [5.41, 5.74) is 3.94. The SMILES string of the molecule is CC(C)(C)c1cc(CCC(=O)OC(c2ccccc2)(c2ccccc2)c2ccccc2)cc(C(C)(C)C)c1O. The van der Waals surface area contributed by atoms with Crippen LogP contribution < -0.4 is 0 Å². The van der Waals surface area contributed by atoms with Crippen LogP contribution in [0.1, 0.15) is 81.3 Å². The molecule has 0 spiro atoms. The third kappa shape index (κ3) is 6.09. The van der Waals surface area contributed by atoms with Gasteiger partial charge in [0, 0.05) is 23.1 Å². The quantitative estimate of drug-likeness (QED) is 0.196. The number of rotatable bonds is 7. The highest BCUT2D eigenvalue weighted by molar-refractivity contribution is 5.72. The molecule has 4 aromatic carbocycles. The van der Waals surface area contributed by atoms with Crippen molar-refractivity contribution in [2.75, 3.05) is 0 Å². The second kappa shape index (κ2) is 11.1. The van der Waals surface area contributed by atoms with E-state index in [1.54, 1.807) is 0 Å². The van der Waals surface area contributed by atoms with Crippen LogP contribution in [0.25, 0.3) is 0 Å². The van der Waals surface area contributed by atoms with Crippen LogP contribution in [-0.4, -0.2) is 11.1 Å². The lowest BCUT2D eigenvalue weighted by Crippen LogP contribution is -2.35. The molecule has 0 aliphatic rings. The lowest BCUT2D eigenvalue weighted by atomic mass is 9.78. The normalized spacial score (nSPS) is 12.3. The van der Waals surface area contributed by atoms with Gasteiger partial charge in [-0.3, -0.25) is 4.79 Å². The molecule has 0 aliphatic carbocycles. The summed E-state index contributed by atoms with van der Waals surface area (Å²) in [5.74, 6) is 0.0619. The van der Waals surface area contributed by atoms with E-state index in [2.05, 4.69) is 41.5 Å². The van der Waals surface area contributed by atoms with Gasteiger partial charge in [0.2, 0.25) is 0 Å². The van der Waals surface area contributed by atoms with E-state index < -0.39 is 5.60 Å². The summed E-state index contributed by atoms with van der Waals surface area (Å²) in [7, 11) is 0. The number of phenolic OH excluding ortho intramolecular Hbond substituents is 1. The van der Waals surface area contributed by atoms with E-state index in [0.717, 1.165) is 33.4 Å². The molecule has 0 saturated heterocycles. The first-order valence-corrected chi connectivity index (χ1v) is 13.7. The minimum atomic E-state index is -1.08. The monoisotopic (exact) mass is 520 g/mol. The fourth-order valence-electron chi connectivity index (χ4n) is 5.15. The number of aryl methyl sites for hydroxylation is 1. The molecule has 1 N–H and O–H groups in total. The van der Waals surface area contributed by atoms with Gasteiger partial charge in [-0.25, -0.2) is 0 Å². The summed E-state index contributed by atoms with van der Waals surface area (Å²) in [6.45, 7) is 12.6. The van der Waals surface area contributed by atoms with Gasteiger partial charge in [-0.05, 0) is 33.9 Å². The second-order valence-electron chi connectivity index (χ2n) is 12.3. The molecule has 3 nitrogen and oxygen atoms in total. The Morgan fingerprint density at radius 3 is 1.33 bits per heavy atom. The number of carbonyl (C=O) groups excluding carboxylic acids is 1. The Morgan fingerprint density at radius 1 is 0.641 bits per heavy atom. The number of carbonyl (C=O) groups is 1. The van der Waals surface area contributed by atoms with Gasteiger partial charge >= 0.3 is 5.97 Å². The van der Waals surface area contributed by atoms with E-state index in [1.807, 2.05) is 103 Å². The minimum Gasteiger partial charge on any atom is -0.507 e. The van der Waals surface area contributed by atoms with E-state index in [4.69, 9.17) is 4.74 Å². The topological polar surface area (TPSA) is 46.5 Å². The van der Waals surface area contributed by atoms with Crippen LogP contribution in [0.15, 0.2) is 103 Å². The van der Waals surface area contributed by atoms with Crippen molar-refractivity contribution < 1.29 is 14.6 Å². The molecule has 0 amide bonds. The summed E-state index contributed by atoms with van der Waals surface area (Å²) in [4.78, 5) is 13.7. The van der Waals surface area contributed by atoms with Gasteiger partial charge in [0.1, 0.15) is 5.75 Å². The van der Waals surface area contributed by atoms with E-state index in [0.29, 0.717) is 12.2 Å². The first-order chi connectivity index (χ1) is 18.4. The summed E-state index contributed by atoms with van der Waals surface area (Å²) in [5, 5.41) is 11.1. The van der Waals surface area contributed by atoms with E-state index in [9.17, 15) is 9.90 Å². The first-order valence-electron chi connectivity index (χ1n) is 13.7. The van der Waals surface area contributed by atoms with Crippen LogP contribution in [-0.2, 0) is 32.4 Å². The Kier molecular flexibility index (Phi) is 8.02. The Morgan fingerprint density at radius 2 is 1.00 bits per heavy atom. The largest absolute Gasteiger partial charge is 0.507 e. The third-order valence-electron chi connectivity index (χ3n) is 7.21. The van der Waals surface area contributed by atoms with Crippen molar-refractivity contribution in [2.45, 2.75) is 70.8 Å². The fraction of sp³-hybridized carbons (Fsp3) is 0.306. The molecule has 0 aromatic heterocycles. The van der Waals surface area contributed by atoms with Crippen LogP contribution in [0.3, 0.4) is 0 Å². The van der Waals surface area contributed by atoms with Crippen molar-refractivity contribution in [3.05, 3.63) is 137 Å². The Hall–Kier alpha value is -3.85. The molecule has 0 fully saturated rings. The zero-order valence-corrected chi connectivity index (χ0v) is 24.0. The molecule has 0 bridgehead atoms. The minimum absolute atomic E-state index is 0.214. The predicted octanol–water partition coefficient (Wildman–Crippen LogP) is 8.46. The average molecular weight is 521 g/mol. The van der Waals surface area contributed by atoms with Crippen molar-refractivity contribution in [3.63, 3.8) is 0 Å². The summed E-state index contributed by atoms with van der Waals surface area (Å²) in [6, 6.07) is 33.9. The van der Waals surface area contributed by atoms with Crippen LogP contribution in [0.4, 0.5) is 0 Å². The van der Waals surface area contributed by atoms with E-state index in [-0.39, 0.29) is 23.2 Å². The number of hydrogen-bond acceptors (Lipinski definition) is 3. The van der Waals surface area contributed by atoms with Crippen LogP contribution >= 0.6 is 0 Å². The van der Waals surface area contributed by atoms with Crippen LogP contribution in [0, 0.1) is 0 Å². The molecule has 0 radical (unpaired) electrons. The Balaban J connectivity index is 1.73. The number of phenols is 1. The van der Waals surface area contributed by atoms with Gasteiger partial charge in [-0.2, -0.15) is 0 Å². The maximum Gasteiger partial charge on any atom is 0.307 e. The molecule has 4 rings (SSSR count). The Bertz CT molecular complexity index is 1260. The van der Waals surface area contributed by atoms with Crippen molar-refractivity contribution in [2.24, 2.45) is 0 Å². The van der Waals surface area contributed by atoms with Gasteiger partial charge < -0.3 is 9.84 Å². The smallest absolute Gasteiger partial charge is 0.307 e. The van der Waals surface area contributed by atoms with Crippen molar-refractivity contribution >= 4 is 5.97 Å². The molecule has 0 atom stereocenters. The molecule has 0 aliphatic heterocycles. The molecule has 0 saturated carbocycles. The highest BCUT2D eigenvalue weighted by Gasteiger charge is 2.40. The van der Waals surface area contributed by atoms with Gasteiger partial charge in [0.15, 0.2) is 5.60 Å². The zero-order chi connectivity index (χ0) is 28.3. The van der Waals surface area contributed by atoms with Crippen molar-refractivity contribution in [1.82, 2.24) is 0 Å². The van der Waals surface area contributed by atoms with Gasteiger partial charge in [-0.15, -0.1) is 0 Å². The van der Waals surface area contributed by atoms with Crippen LogP contribution in [0.5, 0.6) is 5.75 Å². The summed E-state index contributed by atoms with van der Waals surface area (Å²) in [6.07, 6.45) is 0.728.